The van der Waals surface area contributed by atoms with Crippen molar-refractivity contribution in [2.75, 3.05) is 0 Å². The van der Waals surface area contributed by atoms with Gasteiger partial charge in [0.05, 0.1) is 0 Å². The Morgan fingerprint density at radius 3 is 2.76 bits per heavy atom. The summed E-state index contributed by atoms with van der Waals surface area (Å²) in [5.74, 6) is 0.363. The van der Waals surface area contributed by atoms with Crippen LogP contribution in [0.4, 0.5) is 0 Å². The Balaban J connectivity index is 2.09. The molecule has 0 amide bonds. The Morgan fingerprint density at radius 1 is 1.29 bits per heavy atom. The number of carbonyl (C=O) groups is 1. The lowest BCUT2D eigenvalue weighted by atomic mass is 9.70. The Morgan fingerprint density at radius 2 is 2.05 bits per heavy atom. The molecule has 0 saturated carbocycles. The monoisotopic (exact) mass is 301 g/mol. The molecule has 21 heavy (non-hydrogen) atoms. The van der Waals surface area contributed by atoms with Gasteiger partial charge in [0.1, 0.15) is 0 Å². The maximum atomic E-state index is 12.7. The number of carbonyl (C=O) groups excluding carboxylic acids is 1. The van der Waals surface area contributed by atoms with E-state index in [0.29, 0.717) is 6.42 Å². The first-order chi connectivity index (χ1) is 9.85. The number of benzene rings is 1. The Bertz CT molecular complexity index is 670. The lowest BCUT2D eigenvalue weighted by molar-refractivity contribution is -0.118. The number of hydrogen-bond donors (Lipinski definition) is 0. The zero-order valence-corrected chi connectivity index (χ0v) is 13.5. The summed E-state index contributed by atoms with van der Waals surface area (Å²) in [5.41, 5.74) is 4.14. The van der Waals surface area contributed by atoms with E-state index >= 15 is 0 Å². The van der Waals surface area contributed by atoms with Crippen LogP contribution in [0.15, 0.2) is 40.5 Å². The van der Waals surface area contributed by atoms with Crippen LogP contribution in [0, 0.1) is 5.41 Å². The summed E-state index contributed by atoms with van der Waals surface area (Å²) in [7, 11) is 0. The van der Waals surface area contributed by atoms with E-state index < -0.39 is 0 Å². The predicted molar refractivity (Wildman–Crippen MR) is 87.0 cm³/mol. The van der Waals surface area contributed by atoms with Gasteiger partial charge in [0.2, 0.25) is 0 Å². The lowest BCUT2D eigenvalue weighted by Gasteiger charge is -2.36. The zero-order valence-electron chi connectivity index (χ0n) is 12.7. The highest BCUT2D eigenvalue weighted by atomic mass is 35.5. The molecule has 1 aliphatic heterocycles. The number of aliphatic imine (C=N–C) groups is 1. The van der Waals surface area contributed by atoms with E-state index in [-0.39, 0.29) is 17.1 Å². The van der Waals surface area contributed by atoms with Crippen molar-refractivity contribution in [1.29, 1.82) is 0 Å². The third-order valence-electron chi connectivity index (χ3n) is 4.32. The molecule has 1 unspecified atom stereocenters. The van der Waals surface area contributed by atoms with Crippen LogP contribution in [0.25, 0.3) is 0 Å². The average Bonchev–Trinajstić information content (AvgIpc) is 2.35. The Hall–Kier alpha value is -1.41. The largest absolute Gasteiger partial charge is 0.294 e. The van der Waals surface area contributed by atoms with Gasteiger partial charge >= 0.3 is 0 Å². The lowest BCUT2D eigenvalue weighted by Crippen LogP contribution is -2.30. The number of allylic oxidation sites excluding steroid dienone is 2. The highest BCUT2D eigenvalue weighted by Crippen LogP contribution is 2.45. The van der Waals surface area contributed by atoms with E-state index in [1.165, 1.54) is 0 Å². The normalized spacial score (nSPS) is 24.7. The maximum Gasteiger partial charge on any atom is 0.161 e. The number of Topliss-reactive ketones (excluding diaryl/α,β-unsaturated/α-hetero) is 1. The summed E-state index contributed by atoms with van der Waals surface area (Å²) in [6, 6.07) is 7.86. The van der Waals surface area contributed by atoms with Crippen LogP contribution in [0.5, 0.6) is 0 Å². The summed E-state index contributed by atoms with van der Waals surface area (Å²) in [4.78, 5) is 17.4. The number of halogens is 1. The second-order valence-corrected chi connectivity index (χ2v) is 7.40. The minimum absolute atomic E-state index is 0.00984. The van der Waals surface area contributed by atoms with Crippen LogP contribution in [-0.4, -0.2) is 11.5 Å². The topological polar surface area (TPSA) is 29.4 Å². The van der Waals surface area contributed by atoms with E-state index in [0.717, 1.165) is 40.4 Å². The van der Waals surface area contributed by atoms with Crippen LogP contribution in [-0.2, 0) is 4.79 Å². The fourth-order valence-electron chi connectivity index (χ4n) is 3.48. The molecule has 1 heterocycles. The molecule has 3 rings (SSSR count). The fourth-order valence-corrected chi connectivity index (χ4v) is 3.68. The smallest absolute Gasteiger partial charge is 0.161 e. The minimum Gasteiger partial charge on any atom is -0.294 e. The second kappa shape index (κ2) is 5.10. The molecular formula is C18H20ClNO. The molecule has 2 aliphatic rings. The van der Waals surface area contributed by atoms with Gasteiger partial charge < -0.3 is 0 Å². The van der Waals surface area contributed by atoms with Crippen LogP contribution < -0.4 is 0 Å². The van der Waals surface area contributed by atoms with Crippen LogP contribution in [0.1, 0.15) is 51.5 Å². The zero-order chi connectivity index (χ0) is 15.2. The van der Waals surface area contributed by atoms with Crippen molar-refractivity contribution in [3.8, 4) is 0 Å². The molecule has 1 atom stereocenters. The highest BCUT2D eigenvalue weighted by Gasteiger charge is 2.38. The number of nitrogens with zero attached hydrogens (tertiary/aromatic N) is 1. The molecule has 1 aromatic rings. The van der Waals surface area contributed by atoms with Crippen molar-refractivity contribution in [3.63, 3.8) is 0 Å². The van der Waals surface area contributed by atoms with Gasteiger partial charge in [0.25, 0.3) is 0 Å². The molecule has 1 aromatic carbocycles. The molecule has 3 heteroatoms. The molecule has 0 aromatic heterocycles. The van der Waals surface area contributed by atoms with Gasteiger partial charge in [-0.2, -0.15) is 0 Å². The first-order valence-corrected chi connectivity index (χ1v) is 7.79. The predicted octanol–water partition coefficient (Wildman–Crippen LogP) is 4.93. The third-order valence-corrected chi connectivity index (χ3v) is 4.56. The molecule has 0 spiro atoms. The van der Waals surface area contributed by atoms with Crippen LogP contribution in [0.3, 0.4) is 0 Å². The van der Waals surface area contributed by atoms with Crippen molar-refractivity contribution in [1.82, 2.24) is 0 Å². The maximum absolute atomic E-state index is 12.7. The average molecular weight is 302 g/mol. The first kappa shape index (κ1) is 14.5. The van der Waals surface area contributed by atoms with Gasteiger partial charge in [-0.05, 0) is 42.9 Å². The molecule has 0 radical (unpaired) electrons. The standard InChI is InChI=1S/C18H20ClNO/c1-11-7-14(12-5-4-6-13(19)8-12)17-15(20-11)9-18(2,3)10-16(17)21/h4-6,8,14H,7,9-10H2,1-3H3. The second-order valence-electron chi connectivity index (χ2n) is 6.96. The summed E-state index contributed by atoms with van der Waals surface area (Å²) >= 11 is 6.13. The summed E-state index contributed by atoms with van der Waals surface area (Å²) in [6.07, 6.45) is 2.30. The van der Waals surface area contributed by atoms with Gasteiger partial charge in [0.15, 0.2) is 5.78 Å². The molecule has 2 nitrogen and oxygen atoms in total. The molecule has 1 aliphatic carbocycles. The minimum atomic E-state index is 0.00984. The summed E-state index contributed by atoms with van der Waals surface area (Å²) in [6.45, 7) is 6.33. The third kappa shape index (κ3) is 2.82. The summed E-state index contributed by atoms with van der Waals surface area (Å²) in [5, 5.41) is 0.721. The number of rotatable bonds is 1. The number of ketones is 1. The molecule has 0 N–H and O–H groups in total. The van der Waals surface area contributed by atoms with Crippen LogP contribution in [0.2, 0.25) is 5.02 Å². The molecule has 0 fully saturated rings. The van der Waals surface area contributed by atoms with E-state index in [4.69, 9.17) is 16.6 Å². The van der Waals surface area contributed by atoms with Crippen molar-refractivity contribution in [3.05, 3.63) is 46.1 Å². The number of hydrogen-bond acceptors (Lipinski definition) is 2. The summed E-state index contributed by atoms with van der Waals surface area (Å²) < 4.78 is 0. The van der Waals surface area contributed by atoms with Gasteiger partial charge in [-0.25, -0.2) is 0 Å². The SMILES string of the molecule is CC1=NC2=C(C(=O)CC(C)(C)C2)C(c2cccc(Cl)c2)C1. The van der Waals surface area contributed by atoms with Crippen molar-refractivity contribution in [2.24, 2.45) is 10.4 Å². The fraction of sp³-hybridized carbons (Fsp3) is 0.444. The van der Waals surface area contributed by atoms with E-state index in [2.05, 4.69) is 19.9 Å². The molecule has 0 saturated heterocycles. The Kier molecular flexibility index (Phi) is 3.53. The van der Waals surface area contributed by atoms with Gasteiger partial charge in [-0.15, -0.1) is 0 Å². The molecule has 110 valence electrons. The van der Waals surface area contributed by atoms with E-state index in [1.54, 1.807) is 0 Å². The van der Waals surface area contributed by atoms with Gasteiger partial charge in [-0.3, -0.25) is 9.79 Å². The first-order valence-electron chi connectivity index (χ1n) is 7.42. The van der Waals surface area contributed by atoms with Crippen molar-refractivity contribution < 1.29 is 4.79 Å². The highest BCUT2D eigenvalue weighted by molar-refractivity contribution is 6.30. The van der Waals surface area contributed by atoms with E-state index in [1.807, 2.05) is 25.1 Å². The van der Waals surface area contributed by atoms with Crippen molar-refractivity contribution >= 4 is 23.1 Å². The quantitative estimate of drug-likeness (QED) is 0.723. The molecule has 0 bridgehead atoms. The van der Waals surface area contributed by atoms with Crippen LogP contribution >= 0.6 is 11.6 Å². The van der Waals surface area contributed by atoms with Gasteiger partial charge in [-0.1, -0.05) is 37.6 Å². The van der Waals surface area contributed by atoms with E-state index in [9.17, 15) is 4.79 Å². The molecular weight excluding hydrogens is 282 g/mol. The van der Waals surface area contributed by atoms with Crippen molar-refractivity contribution in [2.45, 2.75) is 46.0 Å². The Labute approximate surface area is 130 Å². The van der Waals surface area contributed by atoms with Gasteiger partial charge in [0, 0.05) is 34.3 Å².